The summed E-state index contributed by atoms with van der Waals surface area (Å²) in [5.41, 5.74) is 5.17. The van der Waals surface area contributed by atoms with Crippen LogP contribution in [0.2, 0.25) is 0 Å². The molecule has 0 spiro atoms. The molecule has 0 aromatic heterocycles. The SMILES string of the molecule is CCCOc1ccc(OCC(=N)N)cc1. The molecule has 0 amide bonds. The van der Waals surface area contributed by atoms with Crippen molar-refractivity contribution in [3.05, 3.63) is 24.3 Å². The summed E-state index contributed by atoms with van der Waals surface area (Å²) >= 11 is 0. The van der Waals surface area contributed by atoms with E-state index >= 15 is 0 Å². The van der Waals surface area contributed by atoms with Gasteiger partial charge in [0.15, 0.2) is 0 Å². The fraction of sp³-hybridized carbons (Fsp3) is 0.364. The van der Waals surface area contributed by atoms with Crippen LogP contribution in [0.1, 0.15) is 13.3 Å². The zero-order valence-electron chi connectivity index (χ0n) is 8.82. The zero-order valence-corrected chi connectivity index (χ0v) is 8.82. The van der Waals surface area contributed by atoms with Gasteiger partial charge in [0.2, 0.25) is 0 Å². The molecule has 0 heterocycles. The summed E-state index contributed by atoms with van der Waals surface area (Å²) < 4.78 is 10.6. The molecule has 0 fully saturated rings. The highest BCUT2D eigenvalue weighted by Crippen LogP contribution is 2.17. The summed E-state index contributed by atoms with van der Waals surface area (Å²) in [5.74, 6) is 1.53. The van der Waals surface area contributed by atoms with Crippen LogP contribution in [0.4, 0.5) is 0 Å². The summed E-state index contributed by atoms with van der Waals surface area (Å²) in [6.45, 7) is 2.90. The first-order valence-electron chi connectivity index (χ1n) is 4.91. The summed E-state index contributed by atoms with van der Waals surface area (Å²) in [5, 5.41) is 7.00. The van der Waals surface area contributed by atoms with Gasteiger partial charge in [-0.3, -0.25) is 5.41 Å². The number of hydrogen-bond donors (Lipinski definition) is 2. The molecule has 0 saturated heterocycles. The van der Waals surface area contributed by atoms with E-state index in [0.717, 1.165) is 12.2 Å². The van der Waals surface area contributed by atoms with Crippen molar-refractivity contribution in [1.29, 1.82) is 5.41 Å². The molecule has 0 aliphatic heterocycles. The van der Waals surface area contributed by atoms with E-state index in [9.17, 15) is 0 Å². The summed E-state index contributed by atoms with van der Waals surface area (Å²) in [7, 11) is 0. The molecule has 0 unspecified atom stereocenters. The average Bonchev–Trinajstić information content (AvgIpc) is 2.25. The van der Waals surface area contributed by atoms with Gasteiger partial charge in [0, 0.05) is 0 Å². The third kappa shape index (κ3) is 4.35. The molecule has 4 nitrogen and oxygen atoms in total. The third-order valence-electron chi connectivity index (χ3n) is 1.69. The topological polar surface area (TPSA) is 68.3 Å². The van der Waals surface area contributed by atoms with Gasteiger partial charge in [0.25, 0.3) is 0 Å². The normalized spacial score (nSPS) is 9.67. The fourth-order valence-corrected chi connectivity index (χ4v) is 1.01. The Morgan fingerprint density at radius 2 is 1.73 bits per heavy atom. The van der Waals surface area contributed by atoms with Gasteiger partial charge in [-0.25, -0.2) is 0 Å². The molecule has 0 radical (unpaired) electrons. The zero-order chi connectivity index (χ0) is 11.1. The Morgan fingerprint density at radius 3 is 2.20 bits per heavy atom. The molecule has 82 valence electrons. The predicted molar refractivity (Wildman–Crippen MR) is 59.6 cm³/mol. The van der Waals surface area contributed by atoms with Crippen LogP contribution in [0, 0.1) is 5.41 Å². The second-order valence-corrected chi connectivity index (χ2v) is 3.13. The average molecular weight is 208 g/mol. The Balaban J connectivity index is 2.45. The van der Waals surface area contributed by atoms with Crippen molar-refractivity contribution < 1.29 is 9.47 Å². The van der Waals surface area contributed by atoms with E-state index in [1.165, 1.54) is 0 Å². The van der Waals surface area contributed by atoms with Crippen LogP contribution in [0.3, 0.4) is 0 Å². The van der Waals surface area contributed by atoms with Gasteiger partial charge in [-0.1, -0.05) is 6.92 Å². The van der Waals surface area contributed by atoms with Gasteiger partial charge in [0.05, 0.1) is 6.61 Å². The first-order chi connectivity index (χ1) is 7.22. The van der Waals surface area contributed by atoms with E-state index < -0.39 is 0 Å². The monoisotopic (exact) mass is 208 g/mol. The van der Waals surface area contributed by atoms with Gasteiger partial charge in [-0.15, -0.1) is 0 Å². The van der Waals surface area contributed by atoms with Crippen LogP contribution < -0.4 is 15.2 Å². The molecule has 15 heavy (non-hydrogen) atoms. The van der Waals surface area contributed by atoms with E-state index in [1.54, 1.807) is 12.1 Å². The Bertz CT molecular complexity index is 309. The minimum atomic E-state index is 0.0151. The van der Waals surface area contributed by atoms with Crippen molar-refractivity contribution in [2.75, 3.05) is 13.2 Å². The molecule has 1 rings (SSSR count). The molecule has 3 N–H and O–H groups in total. The second kappa shape index (κ2) is 5.90. The predicted octanol–water partition coefficient (Wildman–Crippen LogP) is 1.79. The Kier molecular flexibility index (Phi) is 4.47. The number of benzene rings is 1. The molecule has 0 atom stereocenters. The largest absolute Gasteiger partial charge is 0.494 e. The number of ether oxygens (including phenoxy) is 2. The molecule has 0 bridgehead atoms. The van der Waals surface area contributed by atoms with Gasteiger partial charge < -0.3 is 15.2 Å². The Morgan fingerprint density at radius 1 is 1.20 bits per heavy atom. The minimum absolute atomic E-state index is 0.0151. The Labute approximate surface area is 89.5 Å². The highest BCUT2D eigenvalue weighted by atomic mass is 16.5. The van der Waals surface area contributed by atoms with Crippen LogP contribution in [0.25, 0.3) is 0 Å². The highest BCUT2D eigenvalue weighted by molar-refractivity contribution is 5.78. The maximum atomic E-state index is 7.00. The van der Waals surface area contributed by atoms with Gasteiger partial charge in [-0.2, -0.15) is 0 Å². The standard InChI is InChI=1S/C11H16N2O2/c1-2-7-14-9-3-5-10(6-4-9)15-8-11(12)13/h3-6H,2,7-8H2,1H3,(H3,12,13). The van der Waals surface area contributed by atoms with Crippen LogP contribution >= 0.6 is 0 Å². The van der Waals surface area contributed by atoms with Gasteiger partial charge in [0.1, 0.15) is 23.9 Å². The second-order valence-electron chi connectivity index (χ2n) is 3.13. The maximum absolute atomic E-state index is 7.00. The molecule has 0 aliphatic carbocycles. The highest BCUT2D eigenvalue weighted by Gasteiger charge is 1.96. The molecular weight excluding hydrogens is 192 g/mol. The van der Waals surface area contributed by atoms with Crippen molar-refractivity contribution in [2.45, 2.75) is 13.3 Å². The van der Waals surface area contributed by atoms with E-state index in [1.807, 2.05) is 12.1 Å². The first-order valence-corrected chi connectivity index (χ1v) is 4.91. The summed E-state index contributed by atoms with van der Waals surface area (Å²) in [6.07, 6.45) is 0.989. The van der Waals surface area contributed by atoms with Crippen molar-refractivity contribution in [1.82, 2.24) is 0 Å². The van der Waals surface area contributed by atoms with Crippen molar-refractivity contribution in [3.8, 4) is 11.5 Å². The smallest absolute Gasteiger partial charge is 0.145 e. The first kappa shape index (κ1) is 11.4. The molecule has 1 aromatic carbocycles. The number of nitrogens with two attached hydrogens (primary N) is 1. The van der Waals surface area contributed by atoms with Crippen LogP contribution in [-0.2, 0) is 0 Å². The fourth-order valence-electron chi connectivity index (χ4n) is 1.01. The quantitative estimate of drug-likeness (QED) is 0.553. The number of rotatable bonds is 6. The summed E-state index contributed by atoms with van der Waals surface area (Å²) in [4.78, 5) is 0. The van der Waals surface area contributed by atoms with E-state index in [-0.39, 0.29) is 12.4 Å². The van der Waals surface area contributed by atoms with Crippen LogP contribution in [-0.4, -0.2) is 19.0 Å². The van der Waals surface area contributed by atoms with Crippen LogP contribution in [0.15, 0.2) is 24.3 Å². The third-order valence-corrected chi connectivity index (χ3v) is 1.69. The molecule has 0 aliphatic rings. The minimum Gasteiger partial charge on any atom is -0.494 e. The van der Waals surface area contributed by atoms with E-state index in [2.05, 4.69) is 6.92 Å². The lowest BCUT2D eigenvalue weighted by Gasteiger charge is -2.07. The Hall–Kier alpha value is -1.71. The van der Waals surface area contributed by atoms with Gasteiger partial charge in [-0.05, 0) is 30.7 Å². The van der Waals surface area contributed by atoms with E-state index in [0.29, 0.717) is 12.4 Å². The summed E-state index contributed by atoms with van der Waals surface area (Å²) in [6, 6.07) is 7.28. The number of amidine groups is 1. The van der Waals surface area contributed by atoms with Crippen molar-refractivity contribution >= 4 is 5.84 Å². The number of nitrogens with one attached hydrogen (secondary N) is 1. The lowest BCUT2D eigenvalue weighted by Crippen LogP contribution is -2.19. The lowest BCUT2D eigenvalue weighted by atomic mass is 10.3. The molecule has 4 heteroatoms. The van der Waals surface area contributed by atoms with Gasteiger partial charge >= 0.3 is 0 Å². The van der Waals surface area contributed by atoms with Crippen molar-refractivity contribution in [2.24, 2.45) is 5.73 Å². The molecule has 0 saturated carbocycles. The molecule has 1 aromatic rings. The maximum Gasteiger partial charge on any atom is 0.145 e. The van der Waals surface area contributed by atoms with E-state index in [4.69, 9.17) is 20.6 Å². The molecular formula is C11H16N2O2. The van der Waals surface area contributed by atoms with Crippen molar-refractivity contribution in [3.63, 3.8) is 0 Å². The lowest BCUT2D eigenvalue weighted by molar-refractivity contribution is 0.316. The van der Waals surface area contributed by atoms with Crippen LogP contribution in [0.5, 0.6) is 11.5 Å². The number of hydrogen-bond acceptors (Lipinski definition) is 3.